The van der Waals surface area contributed by atoms with Gasteiger partial charge in [-0.05, 0) is 19.5 Å². The fourth-order valence-corrected chi connectivity index (χ4v) is 2.39. The Labute approximate surface area is 77.2 Å². The monoisotopic (exact) mass is 186 g/mol. The molecule has 2 heterocycles. The van der Waals surface area contributed by atoms with Crippen molar-refractivity contribution >= 4 is 17.9 Å². The Bertz CT molecular complexity index is 193. The molecule has 2 aliphatic heterocycles. The lowest BCUT2D eigenvalue weighted by molar-refractivity contribution is -0.123. The normalized spacial score (nSPS) is 30.9. The summed E-state index contributed by atoms with van der Waals surface area (Å²) < 4.78 is 1.88. The van der Waals surface area contributed by atoms with Gasteiger partial charge in [-0.1, -0.05) is 11.9 Å². The van der Waals surface area contributed by atoms with E-state index >= 15 is 0 Å². The SMILES string of the molecule is CSN1CC(N2CCC2)CC1=O. The molecule has 1 atom stereocenters. The molecule has 0 aliphatic carbocycles. The van der Waals surface area contributed by atoms with Crippen LogP contribution in [0.25, 0.3) is 0 Å². The van der Waals surface area contributed by atoms with Crippen LogP contribution in [0.4, 0.5) is 0 Å². The van der Waals surface area contributed by atoms with E-state index in [9.17, 15) is 4.79 Å². The van der Waals surface area contributed by atoms with Crippen molar-refractivity contribution in [1.82, 2.24) is 9.21 Å². The van der Waals surface area contributed by atoms with Gasteiger partial charge in [-0.2, -0.15) is 0 Å². The second-order valence-corrected chi connectivity index (χ2v) is 4.19. The van der Waals surface area contributed by atoms with Gasteiger partial charge in [0, 0.05) is 25.3 Å². The van der Waals surface area contributed by atoms with Crippen LogP contribution < -0.4 is 0 Å². The average molecular weight is 186 g/mol. The highest BCUT2D eigenvalue weighted by Gasteiger charge is 2.35. The number of likely N-dealkylation sites (tertiary alicyclic amines) is 1. The van der Waals surface area contributed by atoms with Crippen LogP contribution in [0.3, 0.4) is 0 Å². The Morgan fingerprint density at radius 3 is 2.67 bits per heavy atom. The van der Waals surface area contributed by atoms with Gasteiger partial charge in [0.05, 0.1) is 0 Å². The maximum atomic E-state index is 11.3. The largest absolute Gasteiger partial charge is 0.298 e. The number of carbonyl (C=O) groups is 1. The highest BCUT2D eigenvalue weighted by atomic mass is 32.2. The number of rotatable bonds is 2. The van der Waals surface area contributed by atoms with E-state index in [1.165, 1.54) is 19.5 Å². The van der Waals surface area contributed by atoms with Crippen LogP contribution in [0.2, 0.25) is 0 Å². The molecule has 1 unspecified atom stereocenters. The fraction of sp³-hybridized carbons (Fsp3) is 0.875. The predicted octanol–water partition coefficient (Wildman–Crippen LogP) is 0.571. The minimum Gasteiger partial charge on any atom is -0.298 e. The van der Waals surface area contributed by atoms with Gasteiger partial charge in [0.1, 0.15) is 0 Å². The molecule has 2 fully saturated rings. The number of carbonyl (C=O) groups excluding carboxylic acids is 1. The van der Waals surface area contributed by atoms with E-state index in [-0.39, 0.29) is 0 Å². The number of hydrogen-bond donors (Lipinski definition) is 0. The molecule has 1 amide bonds. The van der Waals surface area contributed by atoms with E-state index in [1.807, 2.05) is 10.6 Å². The third kappa shape index (κ3) is 1.33. The zero-order valence-electron chi connectivity index (χ0n) is 7.32. The standard InChI is InChI=1S/C8H14N2OS/c1-12-10-6-7(5-8(10)11)9-3-2-4-9/h7H,2-6H2,1H3. The molecule has 0 aromatic carbocycles. The van der Waals surface area contributed by atoms with Gasteiger partial charge >= 0.3 is 0 Å². The molecule has 2 aliphatic rings. The van der Waals surface area contributed by atoms with Crippen molar-refractivity contribution < 1.29 is 4.79 Å². The number of nitrogens with zero attached hydrogens (tertiary/aromatic N) is 2. The van der Waals surface area contributed by atoms with Crippen molar-refractivity contribution in [2.45, 2.75) is 18.9 Å². The molecule has 2 saturated heterocycles. The summed E-state index contributed by atoms with van der Waals surface area (Å²) in [6, 6.07) is 0.513. The van der Waals surface area contributed by atoms with Gasteiger partial charge in [-0.15, -0.1) is 0 Å². The summed E-state index contributed by atoms with van der Waals surface area (Å²) in [5, 5.41) is 0. The first-order valence-electron chi connectivity index (χ1n) is 4.40. The minimum atomic E-state index is 0.305. The van der Waals surface area contributed by atoms with Crippen LogP contribution in [0.15, 0.2) is 0 Å². The second kappa shape index (κ2) is 3.26. The van der Waals surface area contributed by atoms with Crippen LogP contribution in [0.5, 0.6) is 0 Å². The van der Waals surface area contributed by atoms with Crippen molar-refractivity contribution in [2.24, 2.45) is 0 Å². The molecule has 4 heteroatoms. The first kappa shape index (κ1) is 8.38. The Morgan fingerprint density at radius 1 is 1.50 bits per heavy atom. The Morgan fingerprint density at radius 2 is 2.25 bits per heavy atom. The summed E-state index contributed by atoms with van der Waals surface area (Å²) in [5.74, 6) is 0.305. The van der Waals surface area contributed by atoms with Crippen molar-refractivity contribution in [2.75, 3.05) is 25.9 Å². The molecule has 0 aromatic heterocycles. The van der Waals surface area contributed by atoms with Gasteiger partial charge in [0.25, 0.3) is 0 Å². The van der Waals surface area contributed by atoms with Crippen molar-refractivity contribution in [1.29, 1.82) is 0 Å². The van der Waals surface area contributed by atoms with Crippen LogP contribution in [-0.4, -0.2) is 47.0 Å². The second-order valence-electron chi connectivity index (χ2n) is 3.38. The van der Waals surface area contributed by atoms with E-state index < -0.39 is 0 Å². The topological polar surface area (TPSA) is 23.6 Å². The Kier molecular flexibility index (Phi) is 2.28. The van der Waals surface area contributed by atoms with Crippen molar-refractivity contribution in [3.63, 3.8) is 0 Å². The van der Waals surface area contributed by atoms with E-state index in [1.54, 1.807) is 11.9 Å². The molecule has 2 rings (SSSR count). The highest BCUT2D eigenvalue weighted by Crippen LogP contribution is 2.24. The first-order chi connectivity index (χ1) is 5.81. The highest BCUT2D eigenvalue weighted by molar-refractivity contribution is 7.96. The van der Waals surface area contributed by atoms with Gasteiger partial charge in [-0.25, -0.2) is 0 Å². The molecule has 0 bridgehead atoms. The third-order valence-electron chi connectivity index (χ3n) is 2.69. The first-order valence-corrected chi connectivity index (χ1v) is 5.58. The van der Waals surface area contributed by atoms with E-state index in [4.69, 9.17) is 0 Å². The van der Waals surface area contributed by atoms with E-state index in [0.717, 1.165) is 13.0 Å². The maximum absolute atomic E-state index is 11.3. The van der Waals surface area contributed by atoms with Gasteiger partial charge < -0.3 is 0 Å². The summed E-state index contributed by atoms with van der Waals surface area (Å²) in [6.45, 7) is 3.32. The van der Waals surface area contributed by atoms with E-state index in [2.05, 4.69) is 4.90 Å². The molecule has 0 aromatic rings. The smallest absolute Gasteiger partial charge is 0.234 e. The average Bonchev–Trinajstić information content (AvgIpc) is 2.27. The maximum Gasteiger partial charge on any atom is 0.234 e. The Balaban J connectivity index is 1.91. The Hall–Kier alpha value is -0.220. The number of amides is 1. The molecule has 12 heavy (non-hydrogen) atoms. The molecule has 0 N–H and O–H groups in total. The molecule has 3 nitrogen and oxygen atoms in total. The lowest BCUT2D eigenvalue weighted by atomic mass is 10.1. The van der Waals surface area contributed by atoms with Crippen LogP contribution >= 0.6 is 11.9 Å². The lowest BCUT2D eigenvalue weighted by Crippen LogP contribution is -2.45. The molecular weight excluding hydrogens is 172 g/mol. The van der Waals surface area contributed by atoms with Crippen LogP contribution in [0.1, 0.15) is 12.8 Å². The molecule has 0 spiro atoms. The lowest BCUT2D eigenvalue weighted by Gasteiger charge is -2.35. The minimum absolute atomic E-state index is 0.305. The zero-order valence-corrected chi connectivity index (χ0v) is 8.14. The molecular formula is C8H14N2OS. The fourth-order valence-electron chi connectivity index (χ4n) is 1.79. The molecule has 0 radical (unpaired) electrons. The van der Waals surface area contributed by atoms with Crippen molar-refractivity contribution in [3.8, 4) is 0 Å². The molecule has 0 saturated carbocycles. The summed E-state index contributed by atoms with van der Waals surface area (Å²) in [6.07, 6.45) is 4.02. The van der Waals surface area contributed by atoms with Crippen LogP contribution in [0, 0.1) is 0 Å². The van der Waals surface area contributed by atoms with Gasteiger partial charge in [0.2, 0.25) is 5.91 Å². The van der Waals surface area contributed by atoms with Gasteiger partial charge in [-0.3, -0.25) is 14.0 Å². The zero-order chi connectivity index (χ0) is 8.55. The van der Waals surface area contributed by atoms with E-state index in [0.29, 0.717) is 11.9 Å². The quantitative estimate of drug-likeness (QED) is 0.589. The summed E-state index contributed by atoms with van der Waals surface area (Å²) in [5.41, 5.74) is 0. The molecule has 68 valence electrons. The summed E-state index contributed by atoms with van der Waals surface area (Å²) >= 11 is 1.55. The van der Waals surface area contributed by atoms with Crippen molar-refractivity contribution in [3.05, 3.63) is 0 Å². The van der Waals surface area contributed by atoms with Crippen LogP contribution in [-0.2, 0) is 4.79 Å². The number of hydrogen-bond acceptors (Lipinski definition) is 3. The summed E-state index contributed by atoms with van der Waals surface area (Å²) in [4.78, 5) is 13.7. The van der Waals surface area contributed by atoms with Gasteiger partial charge in [0.15, 0.2) is 0 Å². The predicted molar refractivity (Wildman–Crippen MR) is 49.8 cm³/mol. The summed E-state index contributed by atoms with van der Waals surface area (Å²) in [7, 11) is 0. The third-order valence-corrected chi connectivity index (χ3v) is 3.49.